The molecule has 2 aliphatic rings. The molecule has 1 unspecified atom stereocenters. The van der Waals surface area contributed by atoms with Crippen LogP contribution in [0.2, 0.25) is 0 Å². The smallest absolute Gasteiger partial charge is 0.0926 e. The zero-order valence-corrected chi connectivity index (χ0v) is 8.34. The normalized spacial score (nSPS) is 42.5. The van der Waals surface area contributed by atoms with Crippen LogP contribution in [0.25, 0.3) is 0 Å². The van der Waals surface area contributed by atoms with Gasteiger partial charge in [-0.05, 0) is 12.8 Å². The number of piperidine rings is 1. The van der Waals surface area contributed by atoms with Gasteiger partial charge < -0.3 is 15.3 Å². The van der Waals surface area contributed by atoms with Gasteiger partial charge in [0.25, 0.3) is 0 Å². The van der Waals surface area contributed by atoms with Crippen LogP contribution in [0.5, 0.6) is 0 Å². The Kier molecular flexibility index (Phi) is 4.07. The molecule has 4 heteroatoms. The van der Waals surface area contributed by atoms with E-state index < -0.39 is 12.2 Å². The van der Waals surface area contributed by atoms with Gasteiger partial charge in [0.05, 0.1) is 18.3 Å². The van der Waals surface area contributed by atoms with E-state index in [1.807, 2.05) is 0 Å². The van der Waals surface area contributed by atoms with E-state index in [4.69, 9.17) is 0 Å². The van der Waals surface area contributed by atoms with Crippen molar-refractivity contribution in [2.75, 3.05) is 13.1 Å². The molecule has 0 amide bonds. The van der Waals surface area contributed by atoms with Crippen molar-refractivity contribution in [2.24, 2.45) is 0 Å². The van der Waals surface area contributed by atoms with Gasteiger partial charge in [0.2, 0.25) is 0 Å². The van der Waals surface area contributed by atoms with Gasteiger partial charge in [-0.15, -0.1) is 13.2 Å². The third-order valence-corrected chi connectivity index (χ3v) is 2.97. The second-order valence-electron chi connectivity index (χ2n) is 3.79. The topological polar surface area (TPSA) is 63.9 Å². The van der Waals surface area contributed by atoms with Crippen molar-refractivity contribution < 1.29 is 15.3 Å². The molecule has 0 aromatic rings. The molecule has 2 heterocycles. The molecular formula is C10H19NO3. The minimum Gasteiger partial charge on any atom is -0.391 e. The highest BCUT2D eigenvalue weighted by atomic mass is 16.3. The maximum Gasteiger partial charge on any atom is 0.0926 e. The molecule has 0 bridgehead atoms. The number of hydrogen-bond donors (Lipinski definition) is 3. The molecule has 2 saturated heterocycles. The Morgan fingerprint density at radius 2 is 1.64 bits per heavy atom. The number of aliphatic hydroxyl groups is 3. The molecule has 82 valence electrons. The van der Waals surface area contributed by atoms with E-state index in [0.29, 0.717) is 13.0 Å². The Labute approximate surface area is 84.5 Å². The van der Waals surface area contributed by atoms with E-state index in [1.54, 1.807) is 0 Å². The molecule has 0 aromatic carbocycles. The Morgan fingerprint density at radius 1 is 1.00 bits per heavy atom. The van der Waals surface area contributed by atoms with Crippen LogP contribution in [0.1, 0.15) is 12.8 Å². The van der Waals surface area contributed by atoms with E-state index in [1.165, 1.54) is 0 Å². The van der Waals surface area contributed by atoms with Gasteiger partial charge in [0, 0.05) is 19.1 Å². The molecule has 14 heavy (non-hydrogen) atoms. The van der Waals surface area contributed by atoms with Crippen LogP contribution in [0.15, 0.2) is 13.2 Å². The molecule has 0 saturated carbocycles. The fourth-order valence-corrected chi connectivity index (χ4v) is 2.20. The predicted octanol–water partition coefficient (Wildman–Crippen LogP) is -0.651. The van der Waals surface area contributed by atoms with Crippen molar-refractivity contribution in [1.29, 1.82) is 0 Å². The largest absolute Gasteiger partial charge is 0.391 e. The van der Waals surface area contributed by atoms with Gasteiger partial charge in [0.15, 0.2) is 0 Å². The molecule has 0 spiro atoms. The Balaban J connectivity index is 0.000000461. The summed E-state index contributed by atoms with van der Waals surface area (Å²) in [6.07, 6.45) is -0.329. The van der Waals surface area contributed by atoms with Crippen LogP contribution in [0.4, 0.5) is 0 Å². The maximum absolute atomic E-state index is 9.49. The van der Waals surface area contributed by atoms with Crippen molar-refractivity contribution in [1.82, 2.24) is 4.90 Å². The quantitative estimate of drug-likeness (QED) is 0.456. The molecule has 4 atom stereocenters. The number of nitrogens with zero attached hydrogens (tertiary/aromatic N) is 1. The molecule has 0 radical (unpaired) electrons. The van der Waals surface area contributed by atoms with E-state index in [9.17, 15) is 15.3 Å². The SMILES string of the molecule is C=C.OC1C[C@H]2[C@@H](O)CCN2C[C@@H]1O. The standard InChI is InChI=1S/C8H15NO3.C2H4/c10-6-1-2-9-4-8(12)7(11)3-5(6)9;1-2/h5-8,10-12H,1-4H2;1-2H2/t5-,6-,7?,8-;/m0./s1. The first-order valence-corrected chi connectivity index (χ1v) is 4.96. The van der Waals surface area contributed by atoms with Crippen LogP contribution in [-0.2, 0) is 0 Å². The van der Waals surface area contributed by atoms with Crippen LogP contribution in [-0.4, -0.2) is 57.7 Å². The molecule has 4 nitrogen and oxygen atoms in total. The first kappa shape index (κ1) is 11.7. The molecule has 2 fully saturated rings. The fourth-order valence-electron chi connectivity index (χ4n) is 2.20. The number of hydrogen-bond acceptors (Lipinski definition) is 4. The summed E-state index contributed by atoms with van der Waals surface area (Å²) < 4.78 is 0. The first-order chi connectivity index (χ1) is 6.68. The van der Waals surface area contributed by atoms with Gasteiger partial charge in [-0.2, -0.15) is 0 Å². The minimum absolute atomic E-state index is 0.0726. The van der Waals surface area contributed by atoms with Gasteiger partial charge >= 0.3 is 0 Å². The van der Waals surface area contributed by atoms with Crippen LogP contribution in [0.3, 0.4) is 0 Å². The van der Waals surface area contributed by atoms with E-state index >= 15 is 0 Å². The maximum atomic E-state index is 9.49. The van der Waals surface area contributed by atoms with Crippen LogP contribution < -0.4 is 0 Å². The lowest BCUT2D eigenvalue weighted by Crippen LogP contribution is -2.51. The second-order valence-corrected chi connectivity index (χ2v) is 3.79. The zero-order chi connectivity index (χ0) is 10.7. The van der Waals surface area contributed by atoms with Crippen molar-refractivity contribution >= 4 is 0 Å². The van der Waals surface area contributed by atoms with Crippen molar-refractivity contribution in [3.8, 4) is 0 Å². The fraction of sp³-hybridized carbons (Fsp3) is 0.800. The summed E-state index contributed by atoms with van der Waals surface area (Å²) in [6.45, 7) is 7.35. The molecule has 0 aromatic heterocycles. The lowest BCUT2D eigenvalue weighted by molar-refractivity contribution is -0.0643. The number of aliphatic hydroxyl groups excluding tert-OH is 3. The molecule has 3 N–H and O–H groups in total. The van der Waals surface area contributed by atoms with E-state index in [2.05, 4.69) is 18.1 Å². The minimum atomic E-state index is -0.654. The number of fused-ring (bicyclic) bond motifs is 1. The summed E-state index contributed by atoms with van der Waals surface area (Å²) in [5.41, 5.74) is 0. The van der Waals surface area contributed by atoms with E-state index in [0.717, 1.165) is 13.0 Å². The Bertz CT molecular complexity index is 188. The van der Waals surface area contributed by atoms with Gasteiger partial charge in [-0.3, -0.25) is 4.90 Å². The zero-order valence-electron chi connectivity index (χ0n) is 8.34. The van der Waals surface area contributed by atoms with E-state index in [-0.39, 0.29) is 12.1 Å². The first-order valence-electron chi connectivity index (χ1n) is 4.96. The summed E-state index contributed by atoms with van der Waals surface area (Å²) in [7, 11) is 0. The second kappa shape index (κ2) is 4.89. The number of rotatable bonds is 0. The van der Waals surface area contributed by atoms with Crippen LogP contribution in [0, 0.1) is 0 Å². The predicted molar refractivity (Wildman–Crippen MR) is 53.9 cm³/mol. The van der Waals surface area contributed by atoms with Crippen LogP contribution >= 0.6 is 0 Å². The summed E-state index contributed by atoms with van der Waals surface area (Å²) in [5, 5.41) is 28.2. The Morgan fingerprint density at radius 3 is 2.29 bits per heavy atom. The third kappa shape index (κ3) is 2.15. The summed E-state index contributed by atoms with van der Waals surface area (Å²) >= 11 is 0. The lowest BCUT2D eigenvalue weighted by atomic mass is 9.96. The van der Waals surface area contributed by atoms with Gasteiger partial charge in [-0.1, -0.05) is 0 Å². The van der Waals surface area contributed by atoms with Crippen molar-refractivity contribution in [3.63, 3.8) is 0 Å². The van der Waals surface area contributed by atoms with Crippen molar-refractivity contribution in [2.45, 2.75) is 37.2 Å². The highest BCUT2D eigenvalue weighted by molar-refractivity contribution is 4.95. The highest BCUT2D eigenvalue weighted by Crippen LogP contribution is 2.27. The molecule has 2 aliphatic heterocycles. The lowest BCUT2D eigenvalue weighted by Gasteiger charge is -2.36. The summed E-state index contributed by atoms with van der Waals surface area (Å²) in [5.74, 6) is 0. The average Bonchev–Trinajstić information content (AvgIpc) is 2.53. The highest BCUT2D eigenvalue weighted by Gasteiger charge is 2.40. The van der Waals surface area contributed by atoms with Gasteiger partial charge in [0.1, 0.15) is 0 Å². The summed E-state index contributed by atoms with van der Waals surface area (Å²) in [6, 6.07) is 0.0726. The molecule has 0 aliphatic carbocycles. The average molecular weight is 201 g/mol. The Hall–Kier alpha value is -0.420. The molecule has 2 rings (SSSR count). The molecular weight excluding hydrogens is 182 g/mol. The summed E-state index contributed by atoms with van der Waals surface area (Å²) in [4.78, 5) is 2.06. The monoisotopic (exact) mass is 201 g/mol. The third-order valence-electron chi connectivity index (χ3n) is 2.97. The van der Waals surface area contributed by atoms with Crippen molar-refractivity contribution in [3.05, 3.63) is 13.2 Å². The van der Waals surface area contributed by atoms with Gasteiger partial charge in [-0.25, -0.2) is 0 Å².